The van der Waals surface area contributed by atoms with Crippen molar-refractivity contribution < 1.29 is 9.84 Å². The van der Waals surface area contributed by atoms with Crippen LogP contribution in [0.2, 0.25) is 0 Å². The number of nitrogens with one attached hydrogen (secondary N) is 1. The highest BCUT2D eigenvalue weighted by atomic mass is 32.1. The van der Waals surface area contributed by atoms with Crippen LogP contribution in [0.25, 0.3) is 32.5 Å². The molecule has 0 spiro atoms. The summed E-state index contributed by atoms with van der Waals surface area (Å²) < 4.78 is 5.42. The van der Waals surface area contributed by atoms with Gasteiger partial charge in [0.1, 0.15) is 16.3 Å². The molecule has 2 aromatic carbocycles. The van der Waals surface area contributed by atoms with Gasteiger partial charge in [-0.25, -0.2) is 0 Å². The highest BCUT2D eigenvalue weighted by Gasteiger charge is 2.19. The molecule has 0 aliphatic carbocycles. The van der Waals surface area contributed by atoms with E-state index in [4.69, 9.17) is 4.74 Å². The van der Waals surface area contributed by atoms with Gasteiger partial charge in [0.2, 0.25) is 0 Å². The Morgan fingerprint density at radius 3 is 2.58 bits per heavy atom. The molecule has 2 aromatic heterocycles. The van der Waals surface area contributed by atoms with Crippen molar-refractivity contribution in [3.05, 3.63) is 69.8 Å². The summed E-state index contributed by atoms with van der Waals surface area (Å²) in [4.78, 5) is 16.1. The lowest BCUT2D eigenvalue weighted by Gasteiger charge is -2.09. The van der Waals surface area contributed by atoms with Crippen LogP contribution >= 0.6 is 11.3 Å². The van der Waals surface area contributed by atoms with E-state index in [-0.39, 0.29) is 16.9 Å². The van der Waals surface area contributed by atoms with E-state index in [9.17, 15) is 9.90 Å². The maximum absolute atomic E-state index is 12.5. The zero-order chi connectivity index (χ0) is 18.3. The van der Waals surface area contributed by atoms with Crippen molar-refractivity contribution in [1.82, 2.24) is 4.98 Å². The average molecular weight is 363 g/mol. The molecule has 0 saturated carbocycles. The number of benzene rings is 2. The van der Waals surface area contributed by atoms with Crippen LogP contribution in [-0.4, -0.2) is 17.2 Å². The molecular weight excluding hydrogens is 346 g/mol. The third-order valence-corrected chi connectivity index (χ3v) is 5.40. The highest BCUT2D eigenvalue weighted by Crippen LogP contribution is 2.42. The van der Waals surface area contributed by atoms with E-state index in [0.717, 1.165) is 22.4 Å². The predicted molar refractivity (Wildman–Crippen MR) is 106 cm³/mol. The molecule has 0 aliphatic heterocycles. The van der Waals surface area contributed by atoms with E-state index in [1.165, 1.54) is 11.3 Å². The van der Waals surface area contributed by atoms with Gasteiger partial charge < -0.3 is 14.8 Å². The molecule has 0 atom stereocenters. The fraction of sp³-hybridized carbons (Fsp3) is 0.0952. The topological polar surface area (TPSA) is 62.3 Å². The van der Waals surface area contributed by atoms with Crippen molar-refractivity contribution in [2.24, 2.45) is 0 Å². The molecule has 0 saturated heterocycles. The second kappa shape index (κ2) is 6.35. The average Bonchev–Trinajstić information content (AvgIpc) is 3.07. The predicted octanol–water partition coefficient (Wildman–Crippen LogP) is 4.95. The van der Waals surface area contributed by atoms with Crippen LogP contribution in [0, 0.1) is 6.92 Å². The van der Waals surface area contributed by atoms with Gasteiger partial charge in [-0.1, -0.05) is 42.5 Å². The van der Waals surface area contributed by atoms with Gasteiger partial charge in [0.25, 0.3) is 5.56 Å². The van der Waals surface area contributed by atoms with E-state index < -0.39 is 0 Å². The summed E-state index contributed by atoms with van der Waals surface area (Å²) in [6.07, 6.45) is 0. The quantitative estimate of drug-likeness (QED) is 0.541. The first-order valence-corrected chi connectivity index (χ1v) is 9.05. The molecule has 4 aromatic rings. The van der Waals surface area contributed by atoms with Crippen LogP contribution in [-0.2, 0) is 0 Å². The number of hydrogen-bond acceptors (Lipinski definition) is 4. The van der Waals surface area contributed by atoms with Crippen molar-refractivity contribution in [2.45, 2.75) is 6.92 Å². The molecule has 0 aliphatic rings. The molecule has 0 unspecified atom stereocenters. The zero-order valence-electron chi connectivity index (χ0n) is 14.4. The number of aromatic nitrogens is 1. The number of thiophene rings is 1. The van der Waals surface area contributed by atoms with E-state index in [1.54, 1.807) is 7.11 Å². The van der Waals surface area contributed by atoms with Crippen molar-refractivity contribution >= 4 is 21.6 Å². The summed E-state index contributed by atoms with van der Waals surface area (Å²) >= 11 is 1.40. The Bertz CT molecular complexity index is 1160. The number of H-pyrrole nitrogens is 1. The van der Waals surface area contributed by atoms with Gasteiger partial charge in [-0.3, -0.25) is 4.79 Å². The second-order valence-corrected chi connectivity index (χ2v) is 6.96. The normalized spacial score (nSPS) is 11.0. The second-order valence-electron chi connectivity index (χ2n) is 6.08. The first-order valence-electron chi connectivity index (χ1n) is 8.17. The lowest BCUT2D eigenvalue weighted by Crippen LogP contribution is -2.08. The van der Waals surface area contributed by atoms with Crippen LogP contribution in [0.1, 0.15) is 5.56 Å². The Balaban J connectivity index is 2.00. The lowest BCUT2D eigenvalue weighted by molar-refractivity contribution is 0.412. The zero-order valence-corrected chi connectivity index (χ0v) is 15.2. The number of rotatable bonds is 3. The summed E-state index contributed by atoms with van der Waals surface area (Å²) in [6, 6.07) is 15.1. The molecule has 0 radical (unpaired) electrons. The minimum Gasteiger partial charge on any atom is -0.506 e. The van der Waals surface area contributed by atoms with Crippen LogP contribution in [0.5, 0.6) is 11.5 Å². The van der Waals surface area contributed by atoms with Gasteiger partial charge in [-0.15, -0.1) is 11.3 Å². The number of hydrogen-bond donors (Lipinski definition) is 2. The maximum atomic E-state index is 12.5. The molecule has 2 N–H and O–H groups in total. The number of methoxy groups -OCH3 is 1. The summed E-state index contributed by atoms with van der Waals surface area (Å²) in [5.41, 5.74) is 3.52. The van der Waals surface area contributed by atoms with E-state index >= 15 is 0 Å². The molecule has 26 heavy (non-hydrogen) atoms. The van der Waals surface area contributed by atoms with Gasteiger partial charge in [0.15, 0.2) is 0 Å². The third kappa shape index (κ3) is 2.57. The van der Waals surface area contributed by atoms with Crippen molar-refractivity contribution in [1.29, 1.82) is 0 Å². The molecule has 2 heterocycles. The van der Waals surface area contributed by atoms with Crippen LogP contribution < -0.4 is 10.3 Å². The minimum atomic E-state index is -0.295. The number of aryl methyl sites for hydroxylation is 1. The fourth-order valence-corrected chi connectivity index (χ4v) is 4.12. The highest BCUT2D eigenvalue weighted by molar-refractivity contribution is 7.17. The van der Waals surface area contributed by atoms with Gasteiger partial charge >= 0.3 is 0 Å². The minimum absolute atomic E-state index is 0.00532. The number of pyridine rings is 1. The molecule has 0 bridgehead atoms. The molecular formula is C21H17NO3S. The molecule has 5 heteroatoms. The number of aromatic amines is 1. The Hall–Kier alpha value is -3.05. The summed E-state index contributed by atoms with van der Waals surface area (Å²) in [6.45, 7) is 1.98. The Labute approximate surface area is 154 Å². The van der Waals surface area contributed by atoms with Crippen molar-refractivity contribution in [2.75, 3.05) is 7.11 Å². The van der Waals surface area contributed by atoms with Crippen LogP contribution in [0.4, 0.5) is 0 Å². The fourth-order valence-electron chi connectivity index (χ4n) is 3.16. The van der Waals surface area contributed by atoms with Gasteiger partial charge in [-0.2, -0.15) is 0 Å². The molecule has 4 rings (SSSR count). The lowest BCUT2D eigenvalue weighted by atomic mass is 10.00. The van der Waals surface area contributed by atoms with E-state index in [0.29, 0.717) is 15.8 Å². The largest absolute Gasteiger partial charge is 0.506 e. The maximum Gasteiger partial charge on any atom is 0.260 e. The van der Waals surface area contributed by atoms with E-state index in [1.807, 2.05) is 60.8 Å². The van der Waals surface area contributed by atoms with Crippen LogP contribution in [0.3, 0.4) is 0 Å². The monoisotopic (exact) mass is 363 g/mol. The Morgan fingerprint density at radius 2 is 1.85 bits per heavy atom. The van der Waals surface area contributed by atoms with Gasteiger partial charge in [0.05, 0.1) is 18.1 Å². The smallest absolute Gasteiger partial charge is 0.260 e. The first kappa shape index (κ1) is 16.4. The summed E-state index contributed by atoms with van der Waals surface area (Å²) in [5, 5.41) is 13.5. The molecule has 0 amide bonds. The third-order valence-electron chi connectivity index (χ3n) is 4.50. The van der Waals surface area contributed by atoms with Crippen molar-refractivity contribution in [3.63, 3.8) is 0 Å². The first-order chi connectivity index (χ1) is 12.6. The standard InChI is InChI=1S/C21H17NO3S/c1-12-8-9-14(10-16(12)25-2)15-11-26-21-18(15)19(23)17(20(24)22-21)13-6-4-3-5-7-13/h3-11H,1-2H3,(H2,22,23,24). The Morgan fingerprint density at radius 1 is 1.08 bits per heavy atom. The molecule has 130 valence electrons. The number of fused-ring (bicyclic) bond motifs is 1. The number of aromatic hydroxyl groups is 1. The van der Waals surface area contributed by atoms with Gasteiger partial charge in [0, 0.05) is 10.9 Å². The summed E-state index contributed by atoms with van der Waals surface area (Å²) in [7, 11) is 1.64. The SMILES string of the molecule is COc1cc(-c2csc3[nH]c(=O)c(-c4ccccc4)c(O)c23)ccc1C. The number of ether oxygens (including phenoxy) is 1. The molecule has 0 fully saturated rings. The Kier molecular flexibility index (Phi) is 4.01. The van der Waals surface area contributed by atoms with E-state index in [2.05, 4.69) is 4.98 Å². The summed E-state index contributed by atoms with van der Waals surface area (Å²) in [5.74, 6) is 0.791. The van der Waals surface area contributed by atoms with Gasteiger partial charge in [-0.05, 0) is 29.7 Å². The molecule has 4 nitrogen and oxygen atoms in total. The van der Waals surface area contributed by atoms with Crippen molar-refractivity contribution in [3.8, 4) is 33.8 Å². The van der Waals surface area contributed by atoms with Crippen LogP contribution in [0.15, 0.2) is 58.7 Å².